The first-order valence-electron chi connectivity index (χ1n) is 6.80. The third kappa shape index (κ3) is 2.41. The molecule has 0 spiro atoms. The molecular formula is C15H19NOS. The van der Waals surface area contributed by atoms with Crippen molar-refractivity contribution in [3.63, 3.8) is 0 Å². The van der Waals surface area contributed by atoms with Crippen molar-refractivity contribution in [1.82, 2.24) is 4.90 Å². The Morgan fingerprint density at radius 1 is 1.22 bits per heavy atom. The Hall–Kier alpha value is -0.960. The highest BCUT2D eigenvalue weighted by Crippen LogP contribution is 2.35. The molecule has 96 valence electrons. The summed E-state index contributed by atoms with van der Waals surface area (Å²) in [6.07, 6.45) is 3.46. The van der Waals surface area contributed by atoms with Gasteiger partial charge in [-0.25, -0.2) is 0 Å². The van der Waals surface area contributed by atoms with Gasteiger partial charge in [0, 0.05) is 30.0 Å². The summed E-state index contributed by atoms with van der Waals surface area (Å²) in [6, 6.07) is 10.6. The first-order valence-corrected chi connectivity index (χ1v) is 7.85. The number of hydrogen-bond donors (Lipinski definition) is 0. The van der Waals surface area contributed by atoms with Crippen LogP contribution in [0.3, 0.4) is 0 Å². The van der Waals surface area contributed by atoms with Crippen LogP contribution in [-0.4, -0.2) is 29.6 Å². The molecular weight excluding hydrogens is 242 g/mol. The van der Waals surface area contributed by atoms with Crippen LogP contribution in [0.1, 0.15) is 30.1 Å². The van der Waals surface area contributed by atoms with E-state index in [0.717, 1.165) is 31.7 Å². The van der Waals surface area contributed by atoms with Crippen LogP contribution < -0.4 is 0 Å². The van der Waals surface area contributed by atoms with Gasteiger partial charge in [-0.15, -0.1) is 0 Å². The molecule has 3 rings (SSSR count). The van der Waals surface area contributed by atoms with Crippen LogP contribution in [0.15, 0.2) is 30.3 Å². The highest BCUT2D eigenvalue weighted by atomic mass is 32.2. The van der Waals surface area contributed by atoms with Gasteiger partial charge < -0.3 is 4.90 Å². The van der Waals surface area contributed by atoms with Crippen molar-refractivity contribution in [3.05, 3.63) is 35.9 Å². The minimum absolute atomic E-state index is 0.338. The van der Waals surface area contributed by atoms with E-state index < -0.39 is 0 Å². The van der Waals surface area contributed by atoms with Gasteiger partial charge in [0.05, 0.1) is 0 Å². The third-order valence-corrected chi connectivity index (χ3v) is 5.25. The zero-order valence-corrected chi connectivity index (χ0v) is 11.4. The maximum atomic E-state index is 12.3. The van der Waals surface area contributed by atoms with Crippen LogP contribution in [-0.2, 0) is 4.79 Å². The van der Waals surface area contributed by atoms with Gasteiger partial charge in [-0.2, -0.15) is 11.8 Å². The Labute approximate surface area is 113 Å². The van der Waals surface area contributed by atoms with Crippen LogP contribution >= 0.6 is 11.8 Å². The summed E-state index contributed by atoms with van der Waals surface area (Å²) in [5.74, 6) is 1.81. The Morgan fingerprint density at radius 2 is 2.00 bits per heavy atom. The lowest BCUT2D eigenvalue weighted by molar-refractivity contribution is -0.138. The van der Waals surface area contributed by atoms with E-state index in [1.54, 1.807) is 0 Å². The lowest BCUT2D eigenvalue weighted by atomic mass is 9.84. The second-order valence-corrected chi connectivity index (χ2v) is 6.49. The number of carbonyl (C=O) groups is 1. The van der Waals surface area contributed by atoms with E-state index in [0.29, 0.717) is 17.1 Å². The van der Waals surface area contributed by atoms with E-state index in [1.807, 2.05) is 17.8 Å². The van der Waals surface area contributed by atoms with Crippen LogP contribution in [0, 0.1) is 5.92 Å². The van der Waals surface area contributed by atoms with Crippen LogP contribution in [0.5, 0.6) is 0 Å². The van der Waals surface area contributed by atoms with Crippen LogP contribution in [0.25, 0.3) is 0 Å². The van der Waals surface area contributed by atoms with Crippen molar-refractivity contribution in [1.29, 1.82) is 0 Å². The predicted octanol–water partition coefficient (Wildman–Crippen LogP) is 3.10. The predicted molar refractivity (Wildman–Crippen MR) is 75.6 cm³/mol. The molecule has 1 amide bonds. The molecule has 1 aromatic carbocycles. The molecule has 1 saturated heterocycles. The van der Waals surface area contributed by atoms with Crippen molar-refractivity contribution in [2.45, 2.75) is 24.5 Å². The van der Waals surface area contributed by atoms with Crippen molar-refractivity contribution in [3.8, 4) is 0 Å². The first kappa shape index (κ1) is 12.1. The quantitative estimate of drug-likeness (QED) is 0.815. The SMILES string of the molecule is O=C(C1CCC1)N1CCSC(c2ccccc2)C1. The summed E-state index contributed by atoms with van der Waals surface area (Å²) in [4.78, 5) is 14.4. The summed E-state index contributed by atoms with van der Waals surface area (Å²) in [6.45, 7) is 1.83. The Morgan fingerprint density at radius 3 is 2.67 bits per heavy atom. The monoisotopic (exact) mass is 261 g/mol. The standard InChI is InChI=1S/C15H19NOS/c17-15(13-7-4-8-13)16-9-10-18-14(11-16)12-5-2-1-3-6-12/h1-3,5-6,13-14H,4,7-11H2. The molecule has 1 aliphatic heterocycles. The molecule has 3 heteroatoms. The molecule has 1 aliphatic carbocycles. The van der Waals surface area contributed by atoms with E-state index >= 15 is 0 Å². The van der Waals surface area contributed by atoms with Crippen molar-refractivity contribution in [2.24, 2.45) is 5.92 Å². The minimum Gasteiger partial charge on any atom is -0.340 e. The van der Waals surface area contributed by atoms with Gasteiger partial charge in [0.2, 0.25) is 5.91 Å². The van der Waals surface area contributed by atoms with Gasteiger partial charge in [-0.1, -0.05) is 36.8 Å². The van der Waals surface area contributed by atoms with E-state index in [2.05, 4.69) is 29.2 Å². The average molecular weight is 261 g/mol. The second-order valence-electron chi connectivity index (χ2n) is 5.18. The number of nitrogens with zero attached hydrogens (tertiary/aromatic N) is 1. The number of benzene rings is 1. The smallest absolute Gasteiger partial charge is 0.225 e. The molecule has 1 aromatic rings. The molecule has 1 saturated carbocycles. The highest BCUT2D eigenvalue weighted by Gasteiger charge is 2.32. The fourth-order valence-electron chi connectivity index (χ4n) is 2.63. The fourth-order valence-corrected chi connectivity index (χ4v) is 3.88. The topological polar surface area (TPSA) is 20.3 Å². The van der Waals surface area contributed by atoms with E-state index in [1.165, 1.54) is 12.0 Å². The summed E-state index contributed by atoms with van der Waals surface area (Å²) in [7, 11) is 0. The summed E-state index contributed by atoms with van der Waals surface area (Å²) >= 11 is 1.98. The van der Waals surface area contributed by atoms with Gasteiger partial charge in [-0.05, 0) is 18.4 Å². The van der Waals surface area contributed by atoms with Crippen molar-refractivity contribution >= 4 is 17.7 Å². The lowest BCUT2D eigenvalue weighted by Gasteiger charge is -2.37. The van der Waals surface area contributed by atoms with Crippen LogP contribution in [0.2, 0.25) is 0 Å². The van der Waals surface area contributed by atoms with Gasteiger partial charge in [-0.3, -0.25) is 4.79 Å². The number of amides is 1. The van der Waals surface area contributed by atoms with E-state index in [9.17, 15) is 4.79 Å². The summed E-state index contributed by atoms with van der Waals surface area (Å²) in [5, 5.41) is 0.462. The number of carbonyl (C=O) groups excluding carboxylic acids is 1. The van der Waals surface area contributed by atoms with Crippen LogP contribution in [0.4, 0.5) is 0 Å². The largest absolute Gasteiger partial charge is 0.340 e. The molecule has 0 radical (unpaired) electrons. The molecule has 2 nitrogen and oxygen atoms in total. The van der Waals surface area contributed by atoms with Crippen molar-refractivity contribution < 1.29 is 4.79 Å². The zero-order chi connectivity index (χ0) is 12.4. The fraction of sp³-hybridized carbons (Fsp3) is 0.533. The molecule has 18 heavy (non-hydrogen) atoms. The number of hydrogen-bond acceptors (Lipinski definition) is 2. The second kappa shape index (κ2) is 5.35. The molecule has 0 bridgehead atoms. The molecule has 1 unspecified atom stereocenters. The normalized spacial score (nSPS) is 24.7. The maximum Gasteiger partial charge on any atom is 0.225 e. The van der Waals surface area contributed by atoms with E-state index in [4.69, 9.17) is 0 Å². The lowest BCUT2D eigenvalue weighted by Crippen LogP contribution is -2.44. The Balaban J connectivity index is 1.66. The van der Waals surface area contributed by atoms with Gasteiger partial charge in [0.25, 0.3) is 0 Å². The molecule has 0 N–H and O–H groups in total. The first-order chi connectivity index (χ1) is 8.84. The number of thioether (sulfide) groups is 1. The third-order valence-electron chi connectivity index (χ3n) is 4.00. The molecule has 1 heterocycles. The molecule has 1 atom stereocenters. The molecule has 2 aliphatic rings. The van der Waals surface area contributed by atoms with Gasteiger partial charge in [0.1, 0.15) is 0 Å². The van der Waals surface area contributed by atoms with Gasteiger partial charge in [0.15, 0.2) is 0 Å². The summed E-state index contributed by atoms with van der Waals surface area (Å²) in [5.41, 5.74) is 1.36. The molecule has 0 aromatic heterocycles. The van der Waals surface area contributed by atoms with Crippen molar-refractivity contribution in [2.75, 3.05) is 18.8 Å². The molecule has 2 fully saturated rings. The minimum atomic E-state index is 0.338. The van der Waals surface area contributed by atoms with E-state index in [-0.39, 0.29) is 0 Å². The summed E-state index contributed by atoms with van der Waals surface area (Å²) < 4.78 is 0. The Bertz CT molecular complexity index is 416. The average Bonchev–Trinajstić information content (AvgIpc) is 2.38. The maximum absolute atomic E-state index is 12.3. The zero-order valence-electron chi connectivity index (χ0n) is 10.5. The Kier molecular flexibility index (Phi) is 3.59. The highest BCUT2D eigenvalue weighted by molar-refractivity contribution is 7.99. The van der Waals surface area contributed by atoms with Gasteiger partial charge >= 0.3 is 0 Å². The number of rotatable bonds is 2.